The van der Waals surface area contributed by atoms with Crippen LogP contribution in [-0.2, 0) is 0 Å². The standard InChI is InChI=1S/C15H24FN/c1-4-7-12(3)15(11-17-5-2)13-8-6-9-14(16)10-13/h6,8-10,12,15,17H,4-5,7,11H2,1-3H3. The molecular weight excluding hydrogens is 213 g/mol. The highest BCUT2D eigenvalue weighted by Crippen LogP contribution is 2.27. The number of rotatable bonds is 7. The van der Waals surface area contributed by atoms with Crippen LogP contribution in [0.4, 0.5) is 4.39 Å². The maximum Gasteiger partial charge on any atom is 0.123 e. The Labute approximate surface area is 104 Å². The van der Waals surface area contributed by atoms with Crippen molar-refractivity contribution < 1.29 is 4.39 Å². The van der Waals surface area contributed by atoms with Gasteiger partial charge in [0.25, 0.3) is 0 Å². The Bertz CT molecular complexity index is 324. The van der Waals surface area contributed by atoms with Gasteiger partial charge in [-0.1, -0.05) is 45.7 Å². The van der Waals surface area contributed by atoms with E-state index in [1.54, 1.807) is 6.07 Å². The van der Waals surface area contributed by atoms with Crippen LogP contribution < -0.4 is 5.32 Å². The number of nitrogens with one attached hydrogen (secondary N) is 1. The Morgan fingerprint density at radius 2 is 2.06 bits per heavy atom. The summed E-state index contributed by atoms with van der Waals surface area (Å²) in [6.07, 6.45) is 2.37. The smallest absolute Gasteiger partial charge is 0.123 e. The predicted molar refractivity (Wildman–Crippen MR) is 71.8 cm³/mol. The van der Waals surface area contributed by atoms with Crippen molar-refractivity contribution in [2.45, 2.75) is 39.5 Å². The van der Waals surface area contributed by atoms with E-state index in [4.69, 9.17) is 0 Å². The van der Waals surface area contributed by atoms with Crippen LogP contribution in [0.5, 0.6) is 0 Å². The van der Waals surface area contributed by atoms with Crippen LogP contribution in [0.25, 0.3) is 0 Å². The zero-order valence-electron chi connectivity index (χ0n) is 11.2. The average molecular weight is 237 g/mol. The number of hydrogen-bond acceptors (Lipinski definition) is 1. The van der Waals surface area contributed by atoms with E-state index >= 15 is 0 Å². The minimum absolute atomic E-state index is 0.132. The molecule has 0 bridgehead atoms. The minimum Gasteiger partial charge on any atom is -0.316 e. The van der Waals surface area contributed by atoms with E-state index in [2.05, 4.69) is 26.1 Å². The summed E-state index contributed by atoms with van der Waals surface area (Å²) in [5, 5.41) is 3.38. The van der Waals surface area contributed by atoms with Gasteiger partial charge in [0.1, 0.15) is 5.82 Å². The lowest BCUT2D eigenvalue weighted by atomic mass is 9.84. The molecule has 2 heteroatoms. The molecule has 1 rings (SSSR count). The molecule has 0 saturated heterocycles. The quantitative estimate of drug-likeness (QED) is 0.757. The van der Waals surface area contributed by atoms with Crippen molar-refractivity contribution >= 4 is 0 Å². The summed E-state index contributed by atoms with van der Waals surface area (Å²) in [6, 6.07) is 7.03. The van der Waals surface area contributed by atoms with E-state index < -0.39 is 0 Å². The summed E-state index contributed by atoms with van der Waals surface area (Å²) in [6.45, 7) is 8.46. The van der Waals surface area contributed by atoms with Crippen LogP contribution in [0.3, 0.4) is 0 Å². The Morgan fingerprint density at radius 1 is 1.29 bits per heavy atom. The molecule has 0 aliphatic carbocycles. The zero-order valence-corrected chi connectivity index (χ0v) is 11.2. The Kier molecular flexibility index (Phi) is 6.20. The molecule has 96 valence electrons. The molecule has 0 heterocycles. The van der Waals surface area contributed by atoms with Gasteiger partial charge in [-0.2, -0.15) is 0 Å². The third-order valence-electron chi connectivity index (χ3n) is 3.32. The summed E-state index contributed by atoms with van der Waals surface area (Å²) in [5.74, 6) is 0.860. The molecule has 17 heavy (non-hydrogen) atoms. The first-order chi connectivity index (χ1) is 8.19. The summed E-state index contributed by atoms with van der Waals surface area (Å²) >= 11 is 0. The molecule has 0 fully saturated rings. The van der Waals surface area contributed by atoms with E-state index in [1.165, 1.54) is 18.9 Å². The molecule has 0 radical (unpaired) electrons. The van der Waals surface area contributed by atoms with Crippen LogP contribution in [0.15, 0.2) is 24.3 Å². The van der Waals surface area contributed by atoms with Crippen molar-refractivity contribution in [2.24, 2.45) is 5.92 Å². The second-order valence-electron chi connectivity index (χ2n) is 4.74. The summed E-state index contributed by atoms with van der Waals surface area (Å²) < 4.78 is 13.3. The molecule has 1 aromatic rings. The molecule has 1 aromatic carbocycles. The summed E-state index contributed by atoms with van der Waals surface area (Å²) in [7, 11) is 0. The van der Waals surface area contributed by atoms with Gasteiger partial charge < -0.3 is 5.32 Å². The lowest BCUT2D eigenvalue weighted by molar-refractivity contribution is 0.405. The first kappa shape index (κ1) is 14.2. The van der Waals surface area contributed by atoms with Crippen molar-refractivity contribution in [3.63, 3.8) is 0 Å². The van der Waals surface area contributed by atoms with E-state index in [9.17, 15) is 4.39 Å². The topological polar surface area (TPSA) is 12.0 Å². The van der Waals surface area contributed by atoms with E-state index in [0.717, 1.165) is 18.7 Å². The molecule has 0 aromatic heterocycles. The highest BCUT2D eigenvalue weighted by atomic mass is 19.1. The molecule has 0 amide bonds. The van der Waals surface area contributed by atoms with E-state index in [-0.39, 0.29) is 5.82 Å². The van der Waals surface area contributed by atoms with Gasteiger partial charge in [0.05, 0.1) is 0 Å². The molecule has 1 nitrogen and oxygen atoms in total. The van der Waals surface area contributed by atoms with Gasteiger partial charge in [0.2, 0.25) is 0 Å². The SMILES string of the molecule is CCCC(C)C(CNCC)c1cccc(F)c1. The highest BCUT2D eigenvalue weighted by Gasteiger charge is 2.18. The number of benzene rings is 1. The second-order valence-corrected chi connectivity index (χ2v) is 4.74. The maximum atomic E-state index is 13.3. The molecule has 1 N–H and O–H groups in total. The lowest BCUT2D eigenvalue weighted by Gasteiger charge is -2.24. The van der Waals surface area contributed by atoms with Crippen LogP contribution in [-0.4, -0.2) is 13.1 Å². The Morgan fingerprint density at radius 3 is 2.65 bits per heavy atom. The van der Waals surface area contributed by atoms with Gasteiger partial charge in [0.15, 0.2) is 0 Å². The van der Waals surface area contributed by atoms with Gasteiger partial charge in [-0.15, -0.1) is 0 Å². The number of halogens is 1. The van der Waals surface area contributed by atoms with Gasteiger partial charge in [-0.3, -0.25) is 0 Å². The fourth-order valence-corrected chi connectivity index (χ4v) is 2.34. The number of likely N-dealkylation sites (N-methyl/N-ethyl adjacent to an activating group) is 1. The molecule has 0 spiro atoms. The van der Waals surface area contributed by atoms with Gasteiger partial charge in [0, 0.05) is 6.54 Å². The summed E-state index contributed by atoms with van der Waals surface area (Å²) in [4.78, 5) is 0. The predicted octanol–water partition coefficient (Wildman–Crippen LogP) is 3.96. The van der Waals surface area contributed by atoms with E-state index in [0.29, 0.717) is 11.8 Å². The zero-order chi connectivity index (χ0) is 12.7. The van der Waals surface area contributed by atoms with Crippen molar-refractivity contribution in [2.75, 3.05) is 13.1 Å². The monoisotopic (exact) mass is 237 g/mol. The largest absolute Gasteiger partial charge is 0.316 e. The van der Waals surface area contributed by atoms with Crippen molar-refractivity contribution in [3.8, 4) is 0 Å². The highest BCUT2D eigenvalue weighted by molar-refractivity contribution is 5.21. The molecule has 0 saturated carbocycles. The summed E-state index contributed by atoms with van der Waals surface area (Å²) in [5.41, 5.74) is 1.12. The number of hydrogen-bond donors (Lipinski definition) is 1. The average Bonchev–Trinajstić information content (AvgIpc) is 2.30. The molecule has 0 aliphatic rings. The van der Waals surface area contributed by atoms with Crippen LogP contribution in [0.1, 0.15) is 45.1 Å². The first-order valence-corrected chi connectivity index (χ1v) is 6.65. The van der Waals surface area contributed by atoms with Gasteiger partial charge in [-0.05, 0) is 36.1 Å². The molecular formula is C15H24FN. The third kappa shape index (κ3) is 4.47. The molecule has 0 aliphatic heterocycles. The lowest BCUT2D eigenvalue weighted by Crippen LogP contribution is -2.25. The fraction of sp³-hybridized carbons (Fsp3) is 0.600. The maximum absolute atomic E-state index is 13.3. The second kappa shape index (κ2) is 7.44. The van der Waals surface area contributed by atoms with Crippen LogP contribution >= 0.6 is 0 Å². The van der Waals surface area contributed by atoms with Crippen molar-refractivity contribution in [3.05, 3.63) is 35.6 Å². The minimum atomic E-state index is -0.132. The van der Waals surface area contributed by atoms with Crippen LogP contribution in [0.2, 0.25) is 0 Å². The Balaban J connectivity index is 2.81. The van der Waals surface area contributed by atoms with Gasteiger partial charge in [-0.25, -0.2) is 4.39 Å². The third-order valence-corrected chi connectivity index (χ3v) is 3.32. The molecule has 2 atom stereocenters. The van der Waals surface area contributed by atoms with E-state index in [1.807, 2.05) is 12.1 Å². The normalized spacial score (nSPS) is 14.6. The Hall–Kier alpha value is -0.890. The fourth-order valence-electron chi connectivity index (χ4n) is 2.34. The van der Waals surface area contributed by atoms with Crippen molar-refractivity contribution in [1.82, 2.24) is 5.32 Å². The van der Waals surface area contributed by atoms with Crippen LogP contribution in [0, 0.1) is 11.7 Å². The first-order valence-electron chi connectivity index (χ1n) is 6.65. The molecule has 2 unspecified atom stereocenters. The van der Waals surface area contributed by atoms with Crippen molar-refractivity contribution in [1.29, 1.82) is 0 Å². The van der Waals surface area contributed by atoms with Gasteiger partial charge >= 0.3 is 0 Å².